The Balaban J connectivity index is 1.84. The van der Waals surface area contributed by atoms with E-state index < -0.39 is 0 Å². The van der Waals surface area contributed by atoms with Gasteiger partial charge in [0.15, 0.2) is 0 Å². The molecule has 19 heavy (non-hydrogen) atoms. The van der Waals surface area contributed by atoms with Gasteiger partial charge in [-0.3, -0.25) is 4.79 Å². The van der Waals surface area contributed by atoms with E-state index in [1.807, 2.05) is 4.90 Å². The minimum absolute atomic E-state index is 0.285. The number of likely N-dealkylation sites (tertiary alicyclic amines) is 1. The van der Waals surface area contributed by atoms with Crippen molar-refractivity contribution >= 4 is 5.91 Å². The molecule has 0 aromatic heterocycles. The molecule has 0 N–H and O–H groups in total. The second-order valence-electron chi connectivity index (χ2n) is 6.79. The van der Waals surface area contributed by atoms with Crippen LogP contribution >= 0.6 is 0 Å². The maximum atomic E-state index is 12.2. The largest absolute Gasteiger partial charge is 0.376 e. The molecule has 2 rings (SSSR count). The van der Waals surface area contributed by atoms with Gasteiger partial charge in [0.25, 0.3) is 0 Å². The van der Waals surface area contributed by atoms with Crippen LogP contribution in [0, 0.1) is 17.8 Å². The number of ether oxygens (including phenoxy) is 1. The average molecular weight is 268 g/mol. The zero-order valence-electron chi connectivity index (χ0n) is 12.8. The lowest BCUT2D eigenvalue weighted by Gasteiger charge is -2.22. The fraction of sp³-hybridized carbons (Fsp3) is 0.933. The number of nitrogens with zero attached hydrogens (tertiary/aromatic N) is 2. The summed E-state index contributed by atoms with van der Waals surface area (Å²) in [5.41, 5.74) is 0. The average Bonchev–Trinajstić information content (AvgIpc) is 2.87. The SMILES string of the molecule is CC(C)CCC(=O)N1C[C@@H]2[C@H](CN(C)C)CO[C@@H]2C1. The Hall–Kier alpha value is -0.610. The van der Waals surface area contributed by atoms with E-state index in [-0.39, 0.29) is 6.10 Å². The van der Waals surface area contributed by atoms with Crippen molar-refractivity contribution in [3.05, 3.63) is 0 Å². The number of fused-ring (bicyclic) bond motifs is 1. The predicted molar refractivity (Wildman–Crippen MR) is 75.9 cm³/mol. The normalized spacial score (nSPS) is 30.4. The molecule has 2 aliphatic heterocycles. The molecule has 110 valence electrons. The topological polar surface area (TPSA) is 32.8 Å². The first kappa shape index (κ1) is 14.8. The van der Waals surface area contributed by atoms with E-state index in [0.717, 1.165) is 32.7 Å². The first-order valence-corrected chi connectivity index (χ1v) is 7.51. The van der Waals surface area contributed by atoms with Crippen molar-refractivity contribution in [2.75, 3.05) is 40.3 Å². The summed E-state index contributed by atoms with van der Waals surface area (Å²) >= 11 is 0. The van der Waals surface area contributed by atoms with Gasteiger partial charge in [-0.2, -0.15) is 0 Å². The van der Waals surface area contributed by atoms with E-state index in [1.165, 1.54) is 0 Å². The Morgan fingerprint density at radius 3 is 2.74 bits per heavy atom. The lowest BCUT2D eigenvalue weighted by molar-refractivity contribution is -0.131. The van der Waals surface area contributed by atoms with Crippen LogP contribution in [0.2, 0.25) is 0 Å². The fourth-order valence-corrected chi connectivity index (χ4v) is 3.23. The van der Waals surface area contributed by atoms with E-state index in [4.69, 9.17) is 4.74 Å². The van der Waals surface area contributed by atoms with Crippen LogP contribution in [0.5, 0.6) is 0 Å². The first-order chi connectivity index (χ1) is 8.97. The predicted octanol–water partition coefficient (Wildman–Crippen LogP) is 1.46. The summed E-state index contributed by atoms with van der Waals surface area (Å²) < 4.78 is 5.88. The van der Waals surface area contributed by atoms with Crippen molar-refractivity contribution in [3.63, 3.8) is 0 Å². The molecule has 4 heteroatoms. The molecule has 0 aromatic rings. The quantitative estimate of drug-likeness (QED) is 0.757. The number of rotatable bonds is 5. The van der Waals surface area contributed by atoms with Gasteiger partial charge < -0.3 is 14.5 Å². The van der Waals surface area contributed by atoms with Gasteiger partial charge in [-0.25, -0.2) is 0 Å². The third kappa shape index (κ3) is 3.69. The van der Waals surface area contributed by atoms with Gasteiger partial charge >= 0.3 is 0 Å². The molecule has 2 fully saturated rings. The highest BCUT2D eigenvalue weighted by molar-refractivity contribution is 5.76. The Bertz CT molecular complexity index is 317. The monoisotopic (exact) mass is 268 g/mol. The van der Waals surface area contributed by atoms with Crippen LogP contribution in [0.1, 0.15) is 26.7 Å². The Morgan fingerprint density at radius 1 is 1.37 bits per heavy atom. The molecule has 4 nitrogen and oxygen atoms in total. The number of hydrogen-bond donors (Lipinski definition) is 0. The second-order valence-corrected chi connectivity index (χ2v) is 6.79. The zero-order chi connectivity index (χ0) is 14.0. The Labute approximate surface area is 117 Å². The van der Waals surface area contributed by atoms with Gasteiger partial charge in [-0.05, 0) is 26.4 Å². The molecule has 0 aromatic carbocycles. The van der Waals surface area contributed by atoms with Crippen molar-refractivity contribution in [1.82, 2.24) is 9.80 Å². The molecule has 0 aliphatic carbocycles. The summed E-state index contributed by atoms with van der Waals surface area (Å²) in [7, 11) is 4.21. The first-order valence-electron chi connectivity index (χ1n) is 7.51. The molecule has 2 aliphatic rings. The summed E-state index contributed by atoms with van der Waals surface area (Å²) in [4.78, 5) is 16.4. The van der Waals surface area contributed by atoms with Gasteiger partial charge in [0.2, 0.25) is 5.91 Å². The third-order valence-electron chi connectivity index (χ3n) is 4.33. The van der Waals surface area contributed by atoms with Crippen molar-refractivity contribution in [2.45, 2.75) is 32.8 Å². The van der Waals surface area contributed by atoms with Crippen LogP contribution in [0.25, 0.3) is 0 Å². The van der Waals surface area contributed by atoms with Gasteiger partial charge in [0.1, 0.15) is 0 Å². The van der Waals surface area contributed by atoms with Crippen molar-refractivity contribution < 1.29 is 9.53 Å². The molecular formula is C15H28N2O2. The third-order valence-corrected chi connectivity index (χ3v) is 4.33. The molecule has 2 saturated heterocycles. The summed E-state index contributed by atoms with van der Waals surface area (Å²) in [6.07, 6.45) is 1.97. The molecule has 2 heterocycles. The summed E-state index contributed by atoms with van der Waals surface area (Å²) in [5.74, 6) is 2.05. The van der Waals surface area contributed by atoms with Gasteiger partial charge in [-0.1, -0.05) is 13.8 Å². The van der Waals surface area contributed by atoms with E-state index in [1.54, 1.807) is 0 Å². The summed E-state index contributed by atoms with van der Waals surface area (Å²) in [6, 6.07) is 0. The summed E-state index contributed by atoms with van der Waals surface area (Å²) in [5, 5.41) is 0. The molecule has 0 unspecified atom stereocenters. The van der Waals surface area contributed by atoms with E-state index >= 15 is 0 Å². The standard InChI is InChI=1S/C15H28N2O2/c1-11(2)5-6-15(18)17-8-13-12(7-16(3)4)10-19-14(13)9-17/h11-14H,5-10H2,1-4H3/t12-,13-,14-/m1/s1. The number of carbonyl (C=O) groups excluding carboxylic acids is 1. The van der Waals surface area contributed by atoms with Gasteiger partial charge in [0, 0.05) is 37.9 Å². The van der Waals surface area contributed by atoms with Crippen molar-refractivity contribution in [2.24, 2.45) is 17.8 Å². The Kier molecular flexibility index (Phi) is 4.85. The maximum Gasteiger partial charge on any atom is 0.222 e. The van der Waals surface area contributed by atoms with E-state index in [2.05, 4.69) is 32.8 Å². The Morgan fingerprint density at radius 2 is 2.11 bits per heavy atom. The van der Waals surface area contributed by atoms with Crippen LogP contribution in [0.4, 0.5) is 0 Å². The van der Waals surface area contributed by atoms with Crippen LogP contribution < -0.4 is 0 Å². The smallest absolute Gasteiger partial charge is 0.222 e. The minimum atomic E-state index is 0.285. The molecule has 0 saturated carbocycles. The van der Waals surface area contributed by atoms with Gasteiger partial charge in [-0.15, -0.1) is 0 Å². The zero-order valence-corrected chi connectivity index (χ0v) is 12.8. The fourth-order valence-electron chi connectivity index (χ4n) is 3.23. The number of hydrogen-bond acceptors (Lipinski definition) is 3. The highest BCUT2D eigenvalue weighted by Gasteiger charge is 2.44. The van der Waals surface area contributed by atoms with Crippen LogP contribution in [0.15, 0.2) is 0 Å². The van der Waals surface area contributed by atoms with E-state index in [9.17, 15) is 4.79 Å². The molecule has 3 atom stereocenters. The number of carbonyl (C=O) groups is 1. The van der Waals surface area contributed by atoms with Crippen molar-refractivity contribution in [1.29, 1.82) is 0 Å². The lowest BCUT2D eigenvalue weighted by atomic mass is 9.93. The van der Waals surface area contributed by atoms with Crippen LogP contribution in [-0.2, 0) is 9.53 Å². The maximum absolute atomic E-state index is 12.2. The highest BCUT2D eigenvalue weighted by atomic mass is 16.5. The molecular weight excluding hydrogens is 240 g/mol. The molecule has 0 radical (unpaired) electrons. The van der Waals surface area contributed by atoms with E-state index in [0.29, 0.717) is 30.1 Å². The molecule has 1 amide bonds. The molecule has 0 bridgehead atoms. The lowest BCUT2D eigenvalue weighted by Crippen LogP contribution is -2.33. The number of amides is 1. The van der Waals surface area contributed by atoms with Crippen LogP contribution in [0.3, 0.4) is 0 Å². The molecule has 0 spiro atoms. The minimum Gasteiger partial charge on any atom is -0.376 e. The highest BCUT2D eigenvalue weighted by Crippen LogP contribution is 2.34. The second kappa shape index (κ2) is 6.23. The van der Waals surface area contributed by atoms with Crippen molar-refractivity contribution in [3.8, 4) is 0 Å². The van der Waals surface area contributed by atoms with Gasteiger partial charge in [0.05, 0.1) is 12.7 Å². The summed E-state index contributed by atoms with van der Waals surface area (Å²) in [6.45, 7) is 7.98. The van der Waals surface area contributed by atoms with Crippen LogP contribution in [-0.4, -0.2) is 62.1 Å².